The summed E-state index contributed by atoms with van der Waals surface area (Å²) in [5.74, 6) is 0.874. The van der Waals surface area contributed by atoms with E-state index in [0.29, 0.717) is 6.54 Å². The summed E-state index contributed by atoms with van der Waals surface area (Å²) < 4.78 is 1.92. The second-order valence-corrected chi connectivity index (χ2v) is 5.03. The third kappa shape index (κ3) is 3.49. The Hall–Kier alpha value is -2.14. The number of benzene rings is 1. The number of rotatable bonds is 6. The SMILES string of the molecule is CCCc1nccn1C(C)C(=O)Nc1ccccc1CN. The van der Waals surface area contributed by atoms with Crippen molar-refractivity contribution in [2.45, 2.75) is 39.3 Å². The van der Waals surface area contributed by atoms with Crippen molar-refractivity contribution in [3.8, 4) is 0 Å². The Morgan fingerprint density at radius 3 is 2.90 bits per heavy atom. The number of nitrogens with one attached hydrogen (secondary N) is 1. The van der Waals surface area contributed by atoms with Crippen molar-refractivity contribution < 1.29 is 4.79 Å². The van der Waals surface area contributed by atoms with Gasteiger partial charge in [-0.05, 0) is 25.0 Å². The van der Waals surface area contributed by atoms with Crippen LogP contribution in [0.2, 0.25) is 0 Å². The molecule has 1 aromatic heterocycles. The average molecular weight is 286 g/mol. The molecule has 1 heterocycles. The van der Waals surface area contributed by atoms with Crippen LogP contribution in [0.1, 0.15) is 37.7 Å². The van der Waals surface area contributed by atoms with Crippen LogP contribution in [-0.4, -0.2) is 15.5 Å². The highest BCUT2D eigenvalue weighted by Gasteiger charge is 2.18. The number of para-hydroxylation sites is 1. The molecular weight excluding hydrogens is 264 g/mol. The maximum Gasteiger partial charge on any atom is 0.247 e. The van der Waals surface area contributed by atoms with E-state index in [1.165, 1.54) is 0 Å². The van der Waals surface area contributed by atoms with Gasteiger partial charge in [-0.15, -0.1) is 0 Å². The first-order valence-corrected chi connectivity index (χ1v) is 7.28. The maximum atomic E-state index is 12.4. The van der Waals surface area contributed by atoms with Crippen LogP contribution in [0.15, 0.2) is 36.7 Å². The van der Waals surface area contributed by atoms with E-state index in [1.807, 2.05) is 42.0 Å². The molecule has 0 bridgehead atoms. The largest absolute Gasteiger partial charge is 0.326 e. The number of amides is 1. The number of aryl methyl sites for hydroxylation is 1. The Labute approximate surface area is 125 Å². The van der Waals surface area contributed by atoms with Gasteiger partial charge in [0.15, 0.2) is 0 Å². The summed E-state index contributed by atoms with van der Waals surface area (Å²) in [5, 5.41) is 2.95. The molecule has 1 unspecified atom stereocenters. The van der Waals surface area contributed by atoms with Gasteiger partial charge in [-0.3, -0.25) is 4.79 Å². The van der Waals surface area contributed by atoms with Gasteiger partial charge in [-0.2, -0.15) is 0 Å². The van der Waals surface area contributed by atoms with Gasteiger partial charge in [0.25, 0.3) is 0 Å². The molecule has 1 atom stereocenters. The van der Waals surface area contributed by atoms with Crippen molar-refractivity contribution in [3.63, 3.8) is 0 Å². The molecule has 3 N–H and O–H groups in total. The molecule has 112 valence electrons. The van der Waals surface area contributed by atoms with E-state index < -0.39 is 0 Å². The highest BCUT2D eigenvalue weighted by Crippen LogP contribution is 2.18. The number of imidazole rings is 1. The standard InChI is InChI=1S/C16H22N4O/c1-3-6-15-18-9-10-20(15)12(2)16(21)19-14-8-5-4-7-13(14)11-17/h4-5,7-10,12H,3,6,11,17H2,1-2H3,(H,19,21). The number of nitrogens with zero attached hydrogens (tertiary/aromatic N) is 2. The first-order valence-electron chi connectivity index (χ1n) is 7.28. The molecule has 0 aliphatic carbocycles. The third-order valence-electron chi connectivity index (χ3n) is 3.51. The summed E-state index contributed by atoms with van der Waals surface area (Å²) in [6.07, 6.45) is 5.46. The van der Waals surface area contributed by atoms with Crippen LogP contribution < -0.4 is 11.1 Å². The molecule has 0 saturated heterocycles. The molecule has 0 fully saturated rings. The second kappa shape index (κ2) is 7.04. The molecule has 21 heavy (non-hydrogen) atoms. The van der Waals surface area contributed by atoms with Gasteiger partial charge in [0.2, 0.25) is 5.91 Å². The van der Waals surface area contributed by atoms with Crippen LogP contribution in [-0.2, 0) is 17.8 Å². The Balaban J connectivity index is 2.14. The van der Waals surface area contributed by atoms with Crippen molar-refractivity contribution in [1.29, 1.82) is 0 Å². The fourth-order valence-corrected chi connectivity index (χ4v) is 2.30. The minimum atomic E-state index is -0.306. The highest BCUT2D eigenvalue weighted by atomic mass is 16.2. The molecule has 1 aromatic carbocycles. The normalized spacial score (nSPS) is 12.1. The van der Waals surface area contributed by atoms with Crippen molar-refractivity contribution in [3.05, 3.63) is 48.0 Å². The topological polar surface area (TPSA) is 72.9 Å². The van der Waals surface area contributed by atoms with E-state index in [2.05, 4.69) is 17.2 Å². The molecule has 2 aromatic rings. The predicted molar refractivity (Wildman–Crippen MR) is 83.9 cm³/mol. The van der Waals surface area contributed by atoms with E-state index in [1.54, 1.807) is 6.20 Å². The second-order valence-electron chi connectivity index (χ2n) is 5.03. The number of aromatic nitrogens is 2. The molecular formula is C16H22N4O. The lowest BCUT2D eigenvalue weighted by Crippen LogP contribution is -2.25. The fraction of sp³-hybridized carbons (Fsp3) is 0.375. The maximum absolute atomic E-state index is 12.4. The molecule has 5 heteroatoms. The number of anilines is 1. The van der Waals surface area contributed by atoms with Crippen molar-refractivity contribution >= 4 is 11.6 Å². The van der Waals surface area contributed by atoms with Crippen molar-refractivity contribution in [2.24, 2.45) is 5.73 Å². The number of hydrogen-bond donors (Lipinski definition) is 2. The number of carbonyl (C=O) groups excluding carboxylic acids is 1. The quantitative estimate of drug-likeness (QED) is 0.857. The lowest BCUT2D eigenvalue weighted by atomic mass is 10.1. The summed E-state index contributed by atoms with van der Waals surface area (Å²) >= 11 is 0. The van der Waals surface area contributed by atoms with E-state index in [-0.39, 0.29) is 11.9 Å². The van der Waals surface area contributed by atoms with Crippen LogP contribution in [0, 0.1) is 0 Å². The summed E-state index contributed by atoms with van der Waals surface area (Å²) in [4.78, 5) is 16.7. The summed E-state index contributed by atoms with van der Waals surface area (Å²) in [6.45, 7) is 4.37. The predicted octanol–water partition coefficient (Wildman–Crippen LogP) is 2.49. The molecule has 0 aliphatic rings. The van der Waals surface area contributed by atoms with Gasteiger partial charge in [0, 0.05) is 31.0 Å². The van der Waals surface area contributed by atoms with Crippen LogP contribution in [0.4, 0.5) is 5.69 Å². The first kappa shape index (κ1) is 15.3. The average Bonchev–Trinajstić information content (AvgIpc) is 2.95. The lowest BCUT2D eigenvalue weighted by Gasteiger charge is -2.17. The zero-order valence-electron chi connectivity index (χ0n) is 12.5. The monoisotopic (exact) mass is 286 g/mol. The highest BCUT2D eigenvalue weighted by molar-refractivity contribution is 5.94. The van der Waals surface area contributed by atoms with E-state index in [0.717, 1.165) is 29.9 Å². The van der Waals surface area contributed by atoms with E-state index in [4.69, 9.17) is 5.73 Å². The lowest BCUT2D eigenvalue weighted by molar-refractivity contribution is -0.118. The van der Waals surface area contributed by atoms with Crippen molar-refractivity contribution in [1.82, 2.24) is 9.55 Å². The van der Waals surface area contributed by atoms with E-state index >= 15 is 0 Å². The zero-order valence-corrected chi connectivity index (χ0v) is 12.5. The van der Waals surface area contributed by atoms with Crippen LogP contribution in [0.5, 0.6) is 0 Å². The van der Waals surface area contributed by atoms with Crippen molar-refractivity contribution in [2.75, 3.05) is 5.32 Å². The van der Waals surface area contributed by atoms with E-state index in [9.17, 15) is 4.79 Å². The minimum Gasteiger partial charge on any atom is -0.326 e. The molecule has 1 amide bonds. The molecule has 0 saturated carbocycles. The third-order valence-corrected chi connectivity index (χ3v) is 3.51. The molecule has 0 aliphatic heterocycles. The Bertz CT molecular complexity index is 606. The van der Waals surface area contributed by atoms with Crippen LogP contribution >= 0.6 is 0 Å². The van der Waals surface area contributed by atoms with Crippen LogP contribution in [0.25, 0.3) is 0 Å². The van der Waals surface area contributed by atoms with Gasteiger partial charge in [-0.1, -0.05) is 25.1 Å². The summed E-state index contributed by atoms with van der Waals surface area (Å²) in [6, 6.07) is 7.28. The molecule has 0 spiro atoms. The molecule has 5 nitrogen and oxygen atoms in total. The van der Waals surface area contributed by atoms with Gasteiger partial charge >= 0.3 is 0 Å². The van der Waals surface area contributed by atoms with Gasteiger partial charge in [0.1, 0.15) is 11.9 Å². The Morgan fingerprint density at radius 1 is 1.43 bits per heavy atom. The Morgan fingerprint density at radius 2 is 2.19 bits per heavy atom. The van der Waals surface area contributed by atoms with Gasteiger partial charge in [0.05, 0.1) is 0 Å². The van der Waals surface area contributed by atoms with Crippen LogP contribution in [0.3, 0.4) is 0 Å². The molecule has 2 rings (SSSR count). The van der Waals surface area contributed by atoms with Gasteiger partial charge < -0.3 is 15.6 Å². The summed E-state index contributed by atoms with van der Waals surface area (Å²) in [5.41, 5.74) is 7.39. The van der Waals surface area contributed by atoms with Gasteiger partial charge in [-0.25, -0.2) is 4.98 Å². The fourth-order valence-electron chi connectivity index (χ4n) is 2.30. The molecule has 0 radical (unpaired) electrons. The Kier molecular flexibility index (Phi) is 5.11. The number of nitrogens with two attached hydrogens (primary N) is 1. The summed E-state index contributed by atoms with van der Waals surface area (Å²) in [7, 11) is 0. The first-order chi connectivity index (χ1) is 10.2. The minimum absolute atomic E-state index is 0.0637. The number of hydrogen-bond acceptors (Lipinski definition) is 3. The number of carbonyl (C=O) groups is 1. The zero-order chi connectivity index (χ0) is 15.2. The smallest absolute Gasteiger partial charge is 0.247 e.